The lowest BCUT2D eigenvalue weighted by Gasteiger charge is -2.07. The number of nitrogen functional groups attached to an aromatic ring is 1. The molecule has 0 saturated heterocycles. The Balaban J connectivity index is 3.07. The van der Waals surface area contributed by atoms with E-state index in [1.165, 1.54) is 0 Å². The van der Waals surface area contributed by atoms with Crippen LogP contribution >= 0.6 is 0 Å². The van der Waals surface area contributed by atoms with Gasteiger partial charge in [0.1, 0.15) is 11.4 Å². The van der Waals surface area contributed by atoms with Crippen LogP contribution in [0.2, 0.25) is 0 Å². The number of carbonyl (C=O) groups excluding carboxylic acids is 1. The molecule has 0 spiro atoms. The van der Waals surface area contributed by atoms with E-state index in [2.05, 4.69) is 14.6 Å². The molecule has 7 nitrogen and oxygen atoms in total. The molecule has 2 N–H and O–H groups in total. The van der Waals surface area contributed by atoms with Crippen LogP contribution in [0.5, 0.6) is 5.75 Å². The third-order valence-corrected chi connectivity index (χ3v) is 1.44. The van der Waals surface area contributed by atoms with Gasteiger partial charge in [-0.2, -0.15) is 8.78 Å². The molecule has 1 aromatic rings. The van der Waals surface area contributed by atoms with E-state index in [9.17, 15) is 18.5 Å². The first-order valence-corrected chi connectivity index (χ1v) is 3.79. The third kappa shape index (κ3) is 2.83. The second-order valence-corrected chi connectivity index (χ2v) is 2.44. The predicted molar refractivity (Wildman–Crippen MR) is 46.5 cm³/mol. The second-order valence-electron chi connectivity index (χ2n) is 2.44. The Morgan fingerprint density at radius 2 is 2.25 bits per heavy atom. The zero-order valence-corrected chi connectivity index (χ0v) is 7.59. The van der Waals surface area contributed by atoms with Gasteiger partial charge in [-0.25, -0.2) is 9.78 Å². The van der Waals surface area contributed by atoms with Crippen molar-refractivity contribution in [1.82, 2.24) is 4.98 Å². The van der Waals surface area contributed by atoms with Crippen molar-refractivity contribution in [3.63, 3.8) is 0 Å². The summed E-state index contributed by atoms with van der Waals surface area (Å²) in [6.45, 7) is -3.15. The molecule has 86 valence electrons. The molecule has 0 amide bonds. The number of anilines is 1. The number of pyridine rings is 1. The van der Waals surface area contributed by atoms with Crippen molar-refractivity contribution in [2.75, 3.05) is 5.73 Å². The lowest BCUT2D eigenvalue weighted by molar-refractivity contribution is -0.0506. The standard InChI is InChI=1S/C7H5F2N3O4/c8-7(9)15-4-2-11-5(10)1-3(4)6(13)16-12-14/h1-2,7H,(H2,10,11). The van der Waals surface area contributed by atoms with Gasteiger partial charge in [-0.15, -0.1) is 4.91 Å². The fourth-order valence-corrected chi connectivity index (χ4v) is 0.891. The van der Waals surface area contributed by atoms with Crippen LogP contribution in [-0.4, -0.2) is 17.6 Å². The van der Waals surface area contributed by atoms with E-state index in [0.29, 0.717) is 0 Å². The molecule has 0 saturated carbocycles. The molecule has 0 aliphatic carbocycles. The Labute approximate surface area is 87.1 Å². The number of hydrogen-bond acceptors (Lipinski definition) is 7. The molecule has 16 heavy (non-hydrogen) atoms. The van der Waals surface area contributed by atoms with E-state index in [0.717, 1.165) is 12.3 Å². The lowest BCUT2D eigenvalue weighted by atomic mass is 10.2. The van der Waals surface area contributed by atoms with Crippen LogP contribution in [0, 0.1) is 4.91 Å². The Hall–Kier alpha value is -2.32. The summed E-state index contributed by atoms with van der Waals surface area (Å²) >= 11 is 0. The summed E-state index contributed by atoms with van der Waals surface area (Å²) in [5.74, 6) is -1.95. The Morgan fingerprint density at radius 1 is 1.56 bits per heavy atom. The molecular formula is C7H5F2N3O4. The quantitative estimate of drug-likeness (QED) is 0.616. The van der Waals surface area contributed by atoms with Crippen LogP contribution in [0.4, 0.5) is 14.6 Å². The first-order chi connectivity index (χ1) is 7.54. The molecule has 0 aliphatic heterocycles. The van der Waals surface area contributed by atoms with Gasteiger partial charge in [-0.05, 0) is 6.07 Å². The number of rotatable bonds is 4. The zero-order chi connectivity index (χ0) is 12.1. The summed E-state index contributed by atoms with van der Waals surface area (Å²) in [5, 5.41) is 1.86. The van der Waals surface area contributed by atoms with Crippen LogP contribution in [0.1, 0.15) is 10.4 Å². The first kappa shape index (κ1) is 11.8. The average Bonchev–Trinajstić information content (AvgIpc) is 2.20. The van der Waals surface area contributed by atoms with Crippen molar-refractivity contribution in [3.05, 3.63) is 22.7 Å². The normalized spacial score (nSPS) is 9.94. The minimum absolute atomic E-state index is 0.125. The van der Waals surface area contributed by atoms with Gasteiger partial charge in [0.2, 0.25) is 0 Å². The number of hydrogen-bond donors (Lipinski definition) is 1. The maximum atomic E-state index is 11.9. The van der Waals surface area contributed by atoms with Crippen molar-refractivity contribution in [2.45, 2.75) is 6.61 Å². The summed E-state index contributed by atoms with van der Waals surface area (Å²) in [7, 11) is 0. The van der Waals surface area contributed by atoms with Gasteiger partial charge in [0, 0.05) is 0 Å². The summed E-state index contributed by atoms with van der Waals surface area (Å²) in [5.41, 5.74) is 4.76. The van der Waals surface area contributed by atoms with Crippen LogP contribution in [0.25, 0.3) is 0 Å². The van der Waals surface area contributed by atoms with Crippen LogP contribution in [0.3, 0.4) is 0 Å². The van der Waals surface area contributed by atoms with Crippen LogP contribution < -0.4 is 10.5 Å². The number of halogens is 2. The molecule has 0 aromatic carbocycles. The fourth-order valence-electron chi connectivity index (χ4n) is 0.891. The maximum absolute atomic E-state index is 11.9. The van der Waals surface area contributed by atoms with Gasteiger partial charge >= 0.3 is 12.6 Å². The summed E-state index contributed by atoms with van der Waals surface area (Å²) < 4.78 is 27.8. The van der Waals surface area contributed by atoms with Crippen LogP contribution in [-0.2, 0) is 4.84 Å². The maximum Gasteiger partial charge on any atom is 0.387 e. The first-order valence-electron chi connectivity index (χ1n) is 3.79. The monoisotopic (exact) mass is 233 g/mol. The van der Waals surface area contributed by atoms with Gasteiger partial charge in [-0.1, -0.05) is 0 Å². The number of ether oxygens (including phenoxy) is 1. The van der Waals surface area contributed by atoms with E-state index in [1.54, 1.807) is 0 Å². The molecule has 0 atom stereocenters. The van der Waals surface area contributed by atoms with Crippen molar-refractivity contribution >= 4 is 11.8 Å². The topological polar surface area (TPSA) is 104 Å². The third-order valence-electron chi connectivity index (χ3n) is 1.44. The SMILES string of the molecule is Nc1cc(C(=O)ON=O)c(OC(F)F)cn1. The largest absolute Gasteiger partial charge is 0.432 e. The smallest absolute Gasteiger partial charge is 0.387 e. The molecule has 0 radical (unpaired) electrons. The number of nitrogens with two attached hydrogens (primary N) is 1. The second kappa shape index (κ2) is 4.96. The van der Waals surface area contributed by atoms with E-state index in [4.69, 9.17) is 5.73 Å². The molecule has 1 rings (SSSR count). The molecular weight excluding hydrogens is 228 g/mol. The van der Waals surface area contributed by atoms with Crippen molar-refractivity contribution in [2.24, 2.45) is 5.34 Å². The van der Waals surface area contributed by atoms with E-state index in [-0.39, 0.29) is 5.82 Å². The predicted octanol–water partition coefficient (Wildman–Crippen LogP) is 1.10. The van der Waals surface area contributed by atoms with Crippen molar-refractivity contribution < 1.29 is 23.1 Å². The molecule has 0 bridgehead atoms. The number of nitrogens with zero attached hydrogens (tertiary/aromatic N) is 2. The van der Waals surface area contributed by atoms with Crippen molar-refractivity contribution in [1.29, 1.82) is 0 Å². The van der Waals surface area contributed by atoms with E-state index in [1.807, 2.05) is 5.34 Å². The highest BCUT2D eigenvalue weighted by molar-refractivity contribution is 5.93. The molecule has 0 aliphatic rings. The molecule has 0 fully saturated rings. The number of aromatic nitrogens is 1. The van der Waals surface area contributed by atoms with Gasteiger partial charge in [0.25, 0.3) is 0 Å². The molecule has 9 heteroatoms. The van der Waals surface area contributed by atoms with Gasteiger partial charge < -0.3 is 10.5 Å². The highest BCUT2D eigenvalue weighted by Gasteiger charge is 2.19. The van der Waals surface area contributed by atoms with Gasteiger partial charge in [0.15, 0.2) is 11.1 Å². The minimum Gasteiger partial charge on any atom is -0.432 e. The molecule has 1 aromatic heterocycles. The highest BCUT2D eigenvalue weighted by Crippen LogP contribution is 2.22. The number of carbonyl (C=O) groups is 1. The van der Waals surface area contributed by atoms with Crippen molar-refractivity contribution in [3.8, 4) is 5.75 Å². The molecule has 1 heterocycles. The zero-order valence-electron chi connectivity index (χ0n) is 7.59. The Bertz CT molecular complexity index is 413. The van der Waals surface area contributed by atoms with Crippen LogP contribution in [0.15, 0.2) is 17.6 Å². The Kier molecular flexibility index (Phi) is 3.64. The van der Waals surface area contributed by atoms with Gasteiger partial charge in [-0.3, -0.25) is 4.84 Å². The average molecular weight is 233 g/mol. The minimum atomic E-state index is -3.15. The lowest BCUT2D eigenvalue weighted by Crippen LogP contribution is -2.10. The van der Waals surface area contributed by atoms with E-state index < -0.39 is 23.9 Å². The van der Waals surface area contributed by atoms with Gasteiger partial charge in [0.05, 0.1) is 6.20 Å². The highest BCUT2D eigenvalue weighted by atomic mass is 19.3. The fraction of sp³-hybridized carbons (Fsp3) is 0.143. The summed E-state index contributed by atoms with van der Waals surface area (Å²) in [6.07, 6.45) is 0.808. The number of alkyl halides is 2. The molecule has 0 unspecified atom stereocenters. The Morgan fingerprint density at radius 3 is 2.81 bits per heavy atom. The summed E-state index contributed by atoms with van der Waals surface area (Å²) in [6, 6.07) is 0.922. The van der Waals surface area contributed by atoms with E-state index >= 15 is 0 Å². The summed E-state index contributed by atoms with van der Waals surface area (Å²) in [4.78, 5) is 27.9.